The summed E-state index contributed by atoms with van der Waals surface area (Å²) in [6, 6.07) is 6.16. The Labute approximate surface area is 118 Å². The lowest BCUT2D eigenvalue weighted by atomic mass is 10.2. The van der Waals surface area contributed by atoms with Crippen molar-refractivity contribution in [2.75, 3.05) is 26.7 Å². The molecular formula is C14H19ClN2O2. The number of methoxy groups -OCH3 is 2. The molecule has 0 aliphatic rings. The SMILES string of the molecule is COCC(C)n1c(CCCl)nc2c(OC)cccc21. The molecule has 19 heavy (non-hydrogen) atoms. The minimum atomic E-state index is 0.209. The molecule has 0 amide bonds. The quantitative estimate of drug-likeness (QED) is 0.764. The van der Waals surface area contributed by atoms with Crippen LogP contribution in [0.5, 0.6) is 5.75 Å². The van der Waals surface area contributed by atoms with Crippen molar-refractivity contribution in [3.63, 3.8) is 0 Å². The summed E-state index contributed by atoms with van der Waals surface area (Å²) in [5.41, 5.74) is 1.94. The highest BCUT2D eigenvalue weighted by atomic mass is 35.5. The van der Waals surface area contributed by atoms with Crippen molar-refractivity contribution >= 4 is 22.6 Å². The number of halogens is 1. The largest absolute Gasteiger partial charge is 0.494 e. The van der Waals surface area contributed by atoms with E-state index in [9.17, 15) is 0 Å². The van der Waals surface area contributed by atoms with E-state index in [0.29, 0.717) is 12.5 Å². The first-order chi connectivity index (χ1) is 9.22. The van der Waals surface area contributed by atoms with Gasteiger partial charge in [0.05, 0.1) is 25.3 Å². The predicted molar refractivity (Wildman–Crippen MR) is 77.3 cm³/mol. The molecule has 0 radical (unpaired) electrons. The smallest absolute Gasteiger partial charge is 0.146 e. The molecular weight excluding hydrogens is 264 g/mol. The number of hydrogen-bond donors (Lipinski definition) is 0. The monoisotopic (exact) mass is 282 g/mol. The van der Waals surface area contributed by atoms with Crippen molar-refractivity contribution in [1.82, 2.24) is 9.55 Å². The van der Waals surface area contributed by atoms with Gasteiger partial charge in [0.1, 0.15) is 17.1 Å². The highest BCUT2D eigenvalue weighted by Gasteiger charge is 2.17. The van der Waals surface area contributed by atoms with Crippen LogP contribution in [-0.4, -0.2) is 36.3 Å². The number of alkyl halides is 1. The minimum absolute atomic E-state index is 0.209. The van der Waals surface area contributed by atoms with Gasteiger partial charge in [0, 0.05) is 19.4 Å². The van der Waals surface area contributed by atoms with Gasteiger partial charge in [0.2, 0.25) is 0 Å². The number of hydrogen-bond acceptors (Lipinski definition) is 3. The maximum absolute atomic E-state index is 5.88. The molecule has 1 unspecified atom stereocenters. The van der Waals surface area contributed by atoms with Gasteiger partial charge < -0.3 is 14.0 Å². The van der Waals surface area contributed by atoms with Gasteiger partial charge in [-0.15, -0.1) is 11.6 Å². The van der Waals surface area contributed by atoms with Gasteiger partial charge in [-0.1, -0.05) is 6.07 Å². The third-order valence-corrected chi connectivity index (χ3v) is 3.33. The molecule has 0 aliphatic carbocycles. The highest BCUT2D eigenvalue weighted by molar-refractivity contribution is 6.17. The van der Waals surface area contributed by atoms with Crippen LogP contribution in [0.15, 0.2) is 18.2 Å². The Bertz CT molecular complexity index is 554. The van der Waals surface area contributed by atoms with E-state index in [1.165, 1.54) is 0 Å². The van der Waals surface area contributed by atoms with Crippen molar-refractivity contribution < 1.29 is 9.47 Å². The van der Waals surface area contributed by atoms with Crippen molar-refractivity contribution in [2.45, 2.75) is 19.4 Å². The summed E-state index contributed by atoms with van der Waals surface area (Å²) in [5, 5.41) is 0. The van der Waals surface area contributed by atoms with Crippen LogP contribution < -0.4 is 4.74 Å². The Hall–Kier alpha value is -1.26. The van der Waals surface area contributed by atoms with E-state index in [2.05, 4.69) is 22.5 Å². The van der Waals surface area contributed by atoms with E-state index in [1.54, 1.807) is 14.2 Å². The molecule has 2 aromatic rings. The zero-order valence-electron chi connectivity index (χ0n) is 11.5. The summed E-state index contributed by atoms with van der Waals surface area (Å²) < 4.78 is 12.8. The summed E-state index contributed by atoms with van der Waals surface area (Å²) >= 11 is 5.88. The summed E-state index contributed by atoms with van der Waals surface area (Å²) in [4.78, 5) is 4.67. The number of aromatic nitrogens is 2. The van der Waals surface area contributed by atoms with E-state index in [-0.39, 0.29) is 6.04 Å². The Morgan fingerprint density at radius 1 is 1.37 bits per heavy atom. The van der Waals surface area contributed by atoms with E-state index in [1.807, 2.05) is 12.1 Å². The van der Waals surface area contributed by atoms with Crippen LogP contribution >= 0.6 is 11.6 Å². The van der Waals surface area contributed by atoms with Crippen LogP contribution in [0.4, 0.5) is 0 Å². The lowest BCUT2D eigenvalue weighted by Crippen LogP contribution is -2.14. The van der Waals surface area contributed by atoms with Crippen molar-refractivity contribution in [2.24, 2.45) is 0 Å². The molecule has 0 fully saturated rings. The Morgan fingerprint density at radius 2 is 2.16 bits per heavy atom. The van der Waals surface area contributed by atoms with Gasteiger partial charge in [-0.25, -0.2) is 4.98 Å². The molecule has 0 saturated heterocycles. The lowest BCUT2D eigenvalue weighted by molar-refractivity contribution is 0.162. The normalized spacial score (nSPS) is 12.8. The van der Waals surface area contributed by atoms with Gasteiger partial charge in [-0.3, -0.25) is 0 Å². The van der Waals surface area contributed by atoms with E-state index in [0.717, 1.165) is 29.0 Å². The number of para-hydroxylation sites is 1. The second-order valence-corrected chi connectivity index (χ2v) is 4.85. The third kappa shape index (κ3) is 2.69. The summed E-state index contributed by atoms with van der Waals surface area (Å²) in [6.45, 7) is 2.75. The maximum atomic E-state index is 5.88. The fourth-order valence-electron chi connectivity index (χ4n) is 2.37. The molecule has 1 atom stereocenters. The van der Waals surface area contributed by atoms with Gasteiger partial charge in [-0.2, -0.15) is 0 Å². The highest BCUT2D eigenvalue weighted by Crippen LogP contribution is 2.28. The standard InChI is InChI=1S/C14H19ClN2O2/c1-10(9-18-2)17-11-5-4-6-12(19-3)14(11)16-13(17)7-8-15/h4-6,10H,7-9H2,1-3H3. The number of nitrogens with zero attached hydrogens (tertiary/aromatic N) is 2. The van der Waals surface area contributed by atoms with E-state index in [4.69, 9.17) is 21.1 Å². The van der Waals surface area contributed by atoms with Crippen LogP contribution in [-0.2, 0) is 11.2 Å². The van der Waals surface area contributed by atoms with E-state index >= 15 is 0 Å². The third-order valence-electron chi connectivity index (χ3n) is 3.14. The number of ether oxygens (including phenoxy) is 2. The average Bonchev–Trinajstić information content (AvgIpc) is 2.77. The maximum Gasteiger partial charge on any atom is 0.146 e. The van der Waals surface area contributed by atoms with Gasteiger partial charge in [-0.05, 0) is 19.1 Å². The summed E-state index contributed by atoms with van der Waals surface area (Å²) in [6.07, 6.45) is 0.730. The minimum Gasteiger partial charge on any atom is -0.494 e. The van der Waals surface area contributed by atoms with Gasteiger partial charge in [0.15, 0.2) is 0 Å². The molecule has 0 N–H and O–H groups in total. The predicted octanol–water partition coefficient (Wildman–Crippen LogP) is 3.03. The molecule has 1 aromatic carbocycles. The number of aryl methyl sites for hydroxylation is 1. The second-order valence-electron chi connectivity index (χ2n) is 4.47. The molecule has 0 saturated carbocycles. The summed E-state index contributed by atoms with van der Waals surface area (Å²) in [7, 11) is 3.37. The first-order valence-corrected chi connectivity index (χ1v) is 6.85. The van der Waals surface area contributed by atoms with Gasteiger partial charge >= 0.3 is 0 Å². The molecule has 104 valence electrons. The molecule has 1 heterocycles. The Morgan fingerprint density at radius 3 is 2.79 bits per heavy atom. The Balaban J connectivity index is 2.60. The first-order valence-electron chi connectivity index (χ1n) is 6.31. The van der Waals surface area contributed by atoms with Crippen LogP contribution in [0.2, 0.25) is 0 Å². The Kier molecular flexibility index (Phi) is 4.66. The zero-order chi connectivity index (χ0) is 13.8. The number of rotatable bonds is 6. The molecule has 0 spiro atoms. The fraction of sp³-hybridized carbons (Fsp3) is 0.500. The average molecular weight is 283 g/mol. The van der Waals surface area contributed by atoms with Gasteiger partial charge in [0.25, 0.3) is 0 Å². The zero-order valence-corrected chi connectivity index (χ0v) is 12.3. The van der Waals surface area contributed by atoms with Crippen LogP contribution in [0.25, 0.3) is 11.0 Å². The lowest BCUT2D eigenvalue weighted by Gasteiger charge is -2.16. The van der Waals surface area contributed by atoms with Crippen LogP contribution in [0.3, 0.4) is 0 Å². The van der Waals surface area contributed by atoms with Crippen LogP contribution in [0, 0.1) is 0 Å². The second kappa shape index (κ2) is 6.26. The van der Waals surface area contributed by atoms with E-state index < -0.39 is 0 Å². The number of imidazole rings is 1. The first kappa shape index (κ1) is 14.2. The number of fused-ring (bicyclic) bond motifs is 1. The molecule has 2 rings (SSSR count). The molecule has 5 heteroatoms. The topological polar surface area (TPSA) is 36.3 Å². The van der Waals surface area contributed by atoms with Crippen LogP contribution in [0.1, 0.15) is 18.8 Å². The fourth-order valence-corrected chi connectivity index (χ4v) is 2.54. The molecule has 1 aromatic heterocycles. The molecule has 4 nitrogen and oxygen atoms in total. The van der Waals surface area contributed by atoms with Crippen molar-refractivity contribution in [3.8, 4) is 5.75 Å². The number of benzene rings is 1. The molecule has 0 aliphatic heterocycles. The van der Waals surface area contributed by atoms with Crippen molar-refractivity contribution in [3.05, 3.63) is 24.0 Å². The summed E-state index contributed by atoms with van der Waals surface area (Å²) in [5.74, 6) is 2.31. The molecule has 0 bridgehead atoms. The van der Waals surface area contributed by atoms with Crippen molar-refractivity contribution in [1.29, 1.82) is 0 Å².